The summed E-state index contributed by atoms with van der Waals surface area (Å²) < 4.78 is 79.2. The fourth-order valence-corrected chi connectivity index (χ4v) is 5.89. The topological polar surface area (TPSA) is 93.1 Å². The van der Waals surface area contributed by atoms with Crippen LogP contribution in [0.2, 0.25) is 0 Å². The lowest BCUT2D eigenvalue weighted by atomic mass is 9.94. The minimum Gasteiger partial charge on any atom is -0.496 e. The zero-order chi connectivity index (χ0) is 28.6. The zero-order valence-corrected chi connectivity index (χ0v) is 22.4. The summed E-state index contributed by atoms with van der Waals surface area (Å²) in [6.07, 6.45) is -3.26. The average molecular weight is 564 g/mol. The number of benzene rings is 3. The number of hydrogen-bond acceptors (Lipinski definition) is 5. The normalized spacial score (nSPS) is 14.9. The van der Waals surface area contributed by atoms with Crippen molar-refractivity contribution in [2.24, 2.45) is 0 Å². The Balaban J connectivity index is 1.72. The highest BCUT2D eigenvalue weighted by atomic mass is 32.2. The molecule has 1 N–H and O–H groups in total. The van der Waals surface area contributed by atoms with Gasteiger partial charge < -0.3 is 14.6 Å². The molecule has 11 heteroatoms. The number of methoxy groups -OCH3 is 1. The third kappa shape index (κ3) is 6.36. The van der Waals surface area contributed by atoms with E-state index in [0.29, 0.717) is 35.3 Å². The summed E-state index contributed by atoms with van der Waals surface area (Å²) in [5, 5.41) is 9.52. The number of rotatable bonds is 8. The smallest absolute Gasteiger partial charge is 0.416 e. The highest BCUT2D eigenvalue weighted by Gasteiger charge is 2.32. The van der Waals surface area contributed by atoms with Crippen LogP contribution in [-0.4, -0.2) is 43.1 Å². The summed E-state index contributed by atoms with van der Waals surface area (Å²) in [6, 6.07) is 13.7. The van der Waals surface area contributed by atoms with E-state index >= 15 is 0 Å². The van der Waals surface area contributed by atoms with Gasteiger partial charge in [0.1, 0.15) is 23.6 Å². The lowest BCUT2D eigenvalue weighted by Gasteiger charge is -2.33. The van der Waals surface area contributed by atoms with Crippen molar-refractivity contribution in [3.8, 4) is 22.6 Å². The van der Waals surface area contributed by atoms with Gasteiger partial charge in [0, 0.05) is 12.1 Å². The molecule has 39 heavy (non-hydrogen) atoms. The Morgan fingerprint density at radius 3 is 2.46 bits per heavy atom. The second-order valence-corrected chi connectivity index (χ2v) is 11.8. The maximum absolute atomic E-state index is 13.7. The summed E-state index contributed by atoms with van der Waals surface area (Å²) >= 11 is 0. The first-order valence-corrected chi connectivity index (χ1v) is 13.5. The summed E-state index contributed by atoms with van der Waals surface area (Å²) in [5.41, 5.74) is 0.434. The lowest BCUT2D eigenvalue weighted by molar-refractivity contribution is -0.138. The number of hydrogen-bond donors (Lipinski definition) is 1. The second kappa shape index (κ2) is 10.5. The molecule has 3 aromatic carbocycles. The third-order valence-corrected chi connectivity index (χ3v) is 8.30. The number of ether oxygens (including phenoxy) is 2. The van der Waals surface area contributed by atoms with Crippen LogP contribution in [0.5, 0.6) is 11.5 Å². The molecule has 0 bridgehead atoms. The van der Waals surface area contributed by atoms with E-state index in [9.17, 15) is 31.5 Å². The summed E-state index contributed by atoms with van der Waals surface area (Å²) in [6.45, 7) is 2.66. The molecule has 0 aliphatic carbocycles. The maximum atomic E-state index is 13.7. The molecule has 1 aliphatic heterocycles. The van der Waals surface area contributed by atoms with Gasteiger partial charge in [-0.1, -0.05) is 18.2 Å². The van der Waals surface area contributed by atoms with Crippen molar-refractivity contribution in [2.45, 2.75) is 49.9 Å². The van der Waals surface area contributed by atoms with Gasteiger partial charge in [-0.05, 0) is 85.8 Å². The molecule has 0 amide bonds. The van der Waals surface area contributed by atoms with E-state index in [1.807, 2.05) is 13.8 Å². The molecule has 0 atom stereocenters. The quantitative estimate of drug-likeness (QED) is 0.375. The number of nitrogens with zero attached hydrogens (tertiary/aromatic N) is 1. The Morgan fingerprint density at radius 2 is 1.79 bits per heavy atom. The molecule has 7 nitrogen and oxygen atoms in total. The summed E-state index contributed by atoms with van der Waals surface area (Å²) in [4.78, 5) is 11.6. The molecule has 0 saturated heterocycles. The summed E-state index contributed by atoms with van der Waals surface area (Å²) in [5.74, 6) is -0.530. The minimum absolute atomic E-state index is 0.0844. The van der Waals surface area contributed by atoms with Crippen LogP contribution in [0.25, 0.3) is 11.1 Å². The highest BCUT2D eigenvalue weighted by Crippen LogP contribution is 2.36. The van der Waals surface area contributed by atoms with Crippen LogP contribution < -0.4 is 9.47 Å². The molecule has 0 unspecified atom stereocenters. The van der Waals surface area contributed by atoms with E-state index in [4.69, 9.17) is 9.47 Å². The van der Waals surface area contributed by atoms with Gasteiger partial charge >= 0.3 is 12.1 Å². The Kier molecular flexibility index (Phi) is 7.68. The molecule has 0 fully saturated rings. The minimum atomic E-state index is -4.53. The van der Waals surface area contributed by atoms with Crippen LogP contribution in [-0.2, 0) is 34.0 Å². The number of carbonyl (C=O) groups is 1. The number of carboxylic acids is 1. The van der Waals surface area contributed by atoms with Crippen LogP contribution in [0.3, 0.4) is 0 Å². The van der Waals surface area contributed by atoms with E-state index < -0.39 is 34.3 Å². The van der Waals surface area contributed by atoms with Gasteiger partial charge in [-0.25, -0.2) is 8.42 Å². The molecular formula is C28H28F3NO6S. The third-order valence-electron chi connectivity index (χ3n) is 6.51. The fourth-order valence-electron chi connectivity index (χ4n) is 4.47. The van der Waals surface area contributed by atoms with Crippen LogP contribution in [0.1, 0.15) is 37.0 Å². The van der Waals surface area contributed by atoms with Crippen molar-refractivity contribution in [1.82, 2.24) is 4.31 Å². The van der Waals surface area contributed by atoms with Crippen LogP contribution in [0.15, 0.2) is 65.6 Å². The number of fused-ring (bicyclic) bond motifs is 1. The van der Waals surface area contributed by atoms with Crippen LogP contribution >= 0.6 is 0 Å². The highest BCUT2D eigenvalue weighted by molar-refractivity contribution is 7.89. The van der Waals surface area contributed by atoms with Crippen LogP contribution in [0, 0.1) is 0 Å². The molecule has 0 aromatic heterocycles. The Morgan fingerprint density at radius 1 is 1.08 bits per heavy atom. The maximum Gasteiger partial charge on any atom is 0.416 e. The van der Waals surface area contributed by atoms with Crippen LogP contribution in [0.4, 0.5) is 13.2 Å². The molecule has 4 rings (SSSR count). The molecule has 0 saturated carbocycles. The molecule has 208 valence electrons. The fraction of sp³-hybridized carbons (Fsp3) is 0.321. The van der Waals surface area contributed by atoms with Gasteiger partial charge in [-0.15, -0.1) is 0 Å². The van der Waals surface area contributed by atoms with Gasteiger partial charge in [-0.2, -0.15) is 17.5 Å². The molecular weight excluding hydrogens is 535 g/mol. The molecule has 1 heterocycles. The number of halogens is 3. The predicted octanol–water partition coefficient (Wildman–Crippen LogP) is 5.76. The van der Waals surface area contributed by atoms with Gasteiger partial charge in [0.15, 0.2) is 0 Å². The van der Waals surface area contributed by atoms with E-state index in [-0.39, 0.29) is 28.4 Å². The van der Waals surface area contributed by atoms with Crippen molar-refractivity contribution < 1.29 is 41.0 Å². The number of alkyl halides is 3. The monoisotopic (exact) mass is 563 g/mol. The predicted molar refractivity (Wildman–Crippen MR) is 138 cm³/mol. The summed E-state index contributed by atoms with van der Waals surface area (Å²) in [7, 11) is -2.93. The number of carboxylic acid groups (broad SMARTS) is 1. The van der Waals surface area contributed by atoms with Gasteiger partial charge in [0.25, 0.3) is 0 Å². The number of aryl methyl sites for hydroxylation is 1. The van der Waals surface area contributed by atoms with Crippen molar-refractivity contribution in [2.75, 3.05) is 13.7 Å². The average Bonchev–Trinajstić information content (AvgIpc) is 2.86. The number of aliphatic carboxylic acids is 1. The standard InChI is InChI=1S/C28H28F3NO6S/c1-27(2)12-11-20-15-23(8-10-25(20)38-27)39(35,36)32(17-26(33)34)16-21-13-19(7-9-24(21)37-3)18-5-4-6-22(14-18)28(29,30)31/h4-10,13-15H,11-12,16-17H2,1-3H3,(H,33,34). The van der Waals surface area contributed by atoms with E-state index in [0.717, 1.165) is 16.4 Å². The molecule has 0 spiro atoms. The van der Waals surface area contributed by atoms with Crippen molar-refractivity contribution in [3.63, 3.8) is 0 Å². The van der Waals surface area contributed by atoms with E-state index in [1.54, 1.807) is 12.1 Å². The Labute approximate surface area is 224 Å². The molecule has 3 aromatic rings. The second-order valence-electron chi connectivity index (χ2n) is 9.90. The first-order valence-electron chi connectivity index (χ1n) is 12.1. The SMILES string of the molecule is COc1ccc(-c2cccc(C(F)(F)F)c2)cc1CN(CC(=O)O)S(=O)(=O)c1ccc2c(c1)CCC(C)(C)O2. The Bertz CT molecular complexity index is 1500. The first kappa shape index (κ1) is 28.4. The van der Waals surface area contributed by atoms with E-state index in [2.05, 4.69) is 0 Å². The van der Waals surface area contributed by atoms with Gasteiger partial charge in [0.2, 0.25) is 10.0 Å². The van der Waals surface area contributed by atoms with Crippen molar-refractivity contribution in [1.29, 1.82) is 0 Å². The van der Waals surface area contributed by atoms with E-state index in [1.165, 1.54) is 43.5 Å². The van der Waals surface area contributed by atoms with Crippen molar-refractivity contribution >= 4 is 16.0 Å². The number of sulfonamides is 1. The van der Waals surface area contributed by atoms with Gasteiger partial charge in [-0.3, -0.25) is 4.79 Å². The largest absolute Gasteiger partial charge is 0.496 e. The Hall–Kier alpha value is -3.57. The molecule has 0 radical (unpaired) electrons. The van der Waals surface area contributed by atoms with Crippen molar-refractivity contribution in [3.05, 3.63) is 77.4 Å². The van der Waals surface area contributed by atoms with Gasteiger partial charge in [0.05, 0.1) is 17.6 Å². The first-order chi connectivity index (χ1) is 18.2. The lowest BCUT2D eigenvalue weighted by Crippen LogP contribution is -2.36. The molecule has 1 aliphatic rings. The zero-order valence-electron chi connectivity index (χ0n) is 21.6.